The fourth-order valence-electron chi connectivity index (χ4n) is 3.71. The lowest BCUT2D eigenvalue weighted by Gasteiger charge is -2.32. The third kappa shape index (κ3) is 6.24. The predicted octanol–water partition coefficient (Wildman–Crippen LogP) is 4.73. The van der Waals surface area contributed by atoms with Gasteiger partial charge in [-0.3, -0.25) is 9.09 Å². The number of hydrogen-bond acceptors (Lipinski definition) is 9. The third-order valence-corrected chi connectivity index (χ3v) is 8.29. The molecule has 1 fully saturated rings. The van der Waals surface area contributed by atoms with Crippen LogP contribution in [0.1, 0.15) is 17.4 Å². The number of aliphatic hydroxyl groups excluding tert-OH is 1. The Labute approximate surface area is 231 Å². The van der Waals surface area contributed by atoms with Gasteiger partial charge in [-0.1, -0.05) is 47.0 Å². The highest BCUT2D eigenvalue weighted by molar-refractivity contribution is 8.07. The quantitative estimate of drug-likeness (QED) is 0.334. The van der Waals surface area contributed by atoms with Crippen LogP contribution < -0.4 is 20.5 Å². The lowest BCUT2D eigenvalue weighted by atomic mass is 9.97. The molecule has 1 aromatic heterocycles. The molecule has 0 saturated carbocycles. The Morgan fingerprint density at radius 3 is 2.15 bits per heavy atom. The first kappa shape index (κ1) is 29.3. The van der Waals surface area contributed by atoms with E-state index in [0.717, 1.165) is 17.3 Å². The van der Waals surface area contributed by atoms with Crippen LogP contribution in [0.2, 0.25) is 5.02 Å². The summed E-state index contributed by atoms with van der Waals surface area (Å²) in [6.07, 6.45) is -9.59. The van der Waals surface area contributed by atoms with E-state index in [1.807, 2.05) is 13.8 Å². The number of nitrogen functional groups attached to an aromatic ring is 1. The number of nitrogens with two attached hydrogens (primary N) is 1. The summed E-state index contributed by atoms with van der Waals surface area (Å²) < 4.78 is 67.3. The molecule has 4 rings (SSSR count). The topological polar surface area (TPSA) is 118 Å². The molecular formula is C24H24ClF3N3O6PS. The van der Waals surface area contributed by atoms with Gasteiger partial charge in [0.15, 0.2) is 18.0 Å². The molecule has 0 radical (unpaired) electrons. The fraction of sp³-hybridized carbons (Fsp3) is 0.333. The first-order valence-electron chi connectivity index (χ1n) is 11.4. The number of benzene rings is 2. The molecule has 210 valence electrons. The molecule has 0 spiro atoms. The van der Waals surface area contributed by atoms with Gasteiger partial charge < -0.3 is 24.6 Å². The first-order valence-corrected chi connectivity index (χ1v) is 14.4. The Morgan fingerprint density at radius 1 is 1.15 bits per heavy atom. The SMILES string of the molecule is Cc1ccc(OP(=S)(OC[C@@]2(C(F)F)O[C@@H](n3cc(Cl)c(N)nc3=O)[C@H](F)[C@@H]2O)Oc2ccc(C)cc2)cc1. The summed E-state index contributed by atoms with van der Waals surface area (Å²) in [5, 5.41) is 10.4. The number of anilines is 1. The standard InChI is InChI=1S/C24H24ClF3N3O6PS/c1-13-3-7-15(8-4-13)36-38(39,37-16-9-5-14(2)6-10-16)34-12-24(22(27)28)19(32)18(26)21(35-24)31-11-17(25)20(29)30-23(31)33/h3-11,18-19,21-22,32H,12H2,1-2H3,(H2,29,30,33)/t18-,19+,21-,24-/m1/s1. The van der Waals surface area contributed by atoms with Crippen LogP contribution in [0.25, 0.3) is 0 Å². The number of ether oxygens (including phenoxy) is 1. The van der Waals surface area contributed by atoms with Gasteiger partial charge in [0.25, 0.3) is 6.43 Å². The van der Waals surface area contributed by atoms with Gasteiger partial charge in [-0.25, -0.2) is 18.0 Å². The second-order valence-corrected chi connectivity index (χ2v) is 12.1. The number of aliphatic hydroxyl groups is 1. The molecule has 4 atom stereocenters. The fourth-order valence-corrected chi connectivity index (χ4v) is 5.79. The minimum absolute atomic E-state index is 0.227. The van der Waals surface area contributed by atoms with E-state index >= 15 is 4.39 Å². The van der Waals surface area contributed by atoms with Gasteiger partial charge in [0.1, 0.15) is 23.4 Å². The smallest absolute Gasteiger partial charge is 0.416 e. The average molecular weight is 606 g/mol. The number of aryl methyl sites for hydroxylation is 2. The molecule has 9 nitrogen and oxygen atoms in total. The molecule has 1 aliphatic heterocycles. The lowest BCUT2D eigenvalue weighted by molar-refractivity contribution is -0.192. The lowest BCUT2D eigenvalue weighted by Crippen LogP contribution is -2.52. The van der Waals surface area contributed by atoms with Crippen LogP contribution >= 0.6 is 18.3 Å². The summed E-state index contributed by atoms with van der Waals surface area (Å²) in [7, 11) is 0. The van der Waals surface area contributed by atoms with Crippen LogP contribution in [-0.4, -0.2) is 45.6 Å². The normalized spacial score (nSPS) is 23.2. The van der Waals surface area contributed by atoms with Gasteiger partial charge in [0.2, 0.25) is 0 Å². The molecule has 2 aromatic carbocycles. The van der Waals surface area contributed by atoms with Crippen LogP contribution in [0.4, 0.5) is 19.0 Å². The monoisotopic (exact) mass is 605 g/mol. The summed E-state index contributed by atoms with van der Waals surface area (Å²) in [4.78, 5) is 15.7. The summed E-state index contributed by atoms with van der Waals surface area (Å²) in [6, 6.07) is 13.3. The maximum Gasteiger partial charge on any atom is 0.435 e. The van der Waals surface area contributed by atoms with Crippen molar-refractivity contribution < 1.29 is 36.6 Å². The zero-order chi connectivity index (χ0) is 28.5. The molecule has 3 aromatic rings. The maximum absolute atomic E-state index is 15.2. The van der Waals surface area contributed by atoms with Crippen molar-refractivity contribution in [2.75, 3.05) is 12.3 Å². The number of aromatic nitrogens is 2. The zero-order valence-electron chi connectivity index (χ0n) is 20.5. The van der Waals surface area contributed by atoms with Crippen LogP contribution in [0.15, 0.2) is 59.5 Å². The van der Waals surface area contributed by atoms with Crippen molar-refractivity contribution >= 4 is 35.9 Å². The van der Waals surface area contributed by atoms with Crippen molar-refractivity contribution in [1.29, 1.82) is 0 Å². The van der Waals surface area contributed by atoms with Crippen LogP contribution in [-0.2, 0) is 21.1 Å². The van der Waals surface area contributed by atoms with E-state index in [-0.39, 0.29) is 22.3 Å². The molecule has 3 N–H and O–H groups in total. The van der Waals surface area contributed by atoms with E-state index < -0.39 is 49.5 Å². The van der Waals surface area contributed by atoms with Crippen molar-refractivity contribution in [2.24, 2.45) is 0 Å². The molecule has 0 aliphatic carbocycles. The Kier molecular flexibility index (Phi) is 8.60. The number of hydrogen-bond donors (Lipinski definition) is 2. The van der Waals surface area contributed by atoms with Crippen molar-refractivity contribution in [2.45, 2.75) is 44.4 Å². The molecule has 39 heavy (non-hydrogen) atoms. The van der Waals surface area contributed by atoms with Crippen molar-refractivity contribution in [3.8, 4) is 11.5 Å². The highest BCUT2D eigenvalue weighted by Gasteiger charge is 2.62. The van der Waals surface area contributed by atoms with Gasteiger partial charge in [0, 0.05) is 18.0 Å². The molecule has 1 aliphatic rings. The molecule has 15 heteroatoms. The second-order valence-electron chi connectivity index (χ2n) is 8.85. The summed E-state index contributed by atoms with van der Waals surface area (Å²) in [6.45, 7) is -1.37. The Hall–Kier alpha value is -2.67. The van der Waals surface area contributed by atoms with Crippen molar-refractivity contribution in [1.82, 2.24) is 9.55 Å². The number of halogens is 4. The van der Waals surface area contributed by atoms with Gasteiger partial charge in [-0.2, -0.15) is 4.98 Å². The van der Waals surface area contributed by atoms with Gasteiger partial charge in [0.05, 0.1) is 11.6 Å². The van der Waals surface area contributed by atoms with Crippen LogP contribution in [0.5, 0.6) is 11.5 Å². The molecule has 2 heterocycles. The number of nitrogens with zero attached hydrogens (tertiary/aromatic N) is 2. The zero-order valence-corrected chi connectivity index (χ0v) is 23.0. The largest absolute Gasteiger partial charge is 0.435 e. The van der Waals surface area contributed by atoms with E-state index in [1.165, 1.54) is 0 Å². The van der Waals surface area contributed by atoms with E-state index in [2.05, 4.69) is 4.98 Å². The van der Waals surface area contributed by atoms with Crippen LogP contribution in [0.3, 0.4) is 0 Å². The highest BCUT2D eigenvalue weighted by atomic mass is 35.5. The van der Waals surface area contributed by atoms with Gasteiger partial charge in [-0.05, 0) is 38.1 Å². The average Bonchev–Trinajstić information content (AvgIpc) is 3.14. The molecule has 0 bridgehead atoms. The Bertz CT molecular complexity index is 1380. The van der Waals surface area contributed by atoms with E-state index in [4.69, 9.17) is 47.4 Å². The summed E-state index contributed by atoms with van der Waals surface area (Å²) in [5.41, 5.74) is 3.22. The number of rotatable bonds is 9. The Morgan fingerprint density at radius 2 is 1.67 bits per heavy atom. The third-order valence-electron chi connectivity index (χ3n) is 5.92. The minimum Gasteiger partial charge on any atom is -0.416 e. The second kappa shape index (κ2) is 11.4. The van der Waals surface area contributed by atoms with Crippen LogP contribution in [0, 0.1) is 13.8 Å². The minimum atomic E-state index is -3.92. The van der Waals surface area contributed by atoms with E-state index in [1.54, 1.807) is 48.5 Å². The molecule has 1 saturated heterocycles. The van der Waals surface area contributed by atoms with Gasteiger partial charge >= 0.3 is 12.4 Å². The Balaban J connectivity index is 1.65. The summed E-state index contributed by atoms with van der Waals surface area (Å²) >= 11 is 11.4. The molecule has 0 unspecified atom stereocenters. The number of alkyl halides is 3. The first-order chi connectivity index (χ1) is 18.3. The van der Waals surface area contributed by atoms with Gasteiger partial charge in [-0.15, -0.1) is 0 Å². The van der Waals surface area contributed by atoms with Crippen molar-refractivity contribution in [3.05, 3.63) is 81.4 Å². The summed E-state index contributed by atoms with van der Waals surface area (Å²) in [5.74, 6) is 0.105. The molecule has 0 amide bonds. The van der Waals surface area contributed by atoms with E-state index in [0.29, 0.717) is 4.57 Å². The van der Waals surface area contributed by atoms with E-state index in [9.17, 15) is 18.7 Å². The maximum atomic E-state index is 15.2. The highest BCUT2D eigenvalue weighted by Crippen LogP contribution is 2.53. The predicted molar refractivity (Wildman–Crippen MR) is 142 cm³/mol. The molecular weight excluding hydrogens is 582 g/mol. The van der Waals surface area contributed by atoms with Crippen molar-refractivity contribution in [3.63, 3.8) is 0 Å².